The van der Waals surface area contributed by atoms with E-state index >= 15 is 0 Å². The van der Waals surface area contributed by atoms with Crippen LogP contribution in [0.3, 0.4) is 0 Å². The summed E-state index contributed by atoms with van der Waals surface area (Å²) in [6.07, 6.45) is 2.71. The van der Waals surface area contributed by atoms with Crippen molar-refractivity contribution < 1.29 is 18.0 Å². The van der Waals surface area contributed by atoms with Crippen molar-refractivity contribution in [2.24, 2.45) is 0 Å². The topological polar surface area (TPSA) is 95.6 Å². The predicted octanol–water partition coefficient (Wildman–Crippen LogP) is 1.65. The van der Waals surface area contributed by atoms with E-state index in [0.717, 1.165) is 12.8 Å². The second-order valence-corrected chi connectivity index (χ2v) is 8.88. The Morgan fingerprint density at radius 1 is 1.15 bits per heavy atom. The lowest BCUT2D eigenvalue weighted by Gasteiger charge is -2.34. The third-order valence-electron chi connectivity index (χ3n) is 4.86. The van der Waals surface area contributed by atoms with E-state index in [1.54, 1.807) is 25.1 Å². The number of rotatable bonds is 7. The first kappa shape index (κ1) is 21.4. The molecule has 1 saturated heterocycles. The highest BCUT2D eigenvalue weighted by Gasteiger charge is 2.38. The van der Waals surface area contributed by atoms with Crippen molar-refractivity contribution in [2.45, 2.75) is 69.5 Å². The first-order valence-electron chi connectivity index (χ1n) is 9.45. The standard InChI is InChI=1S/C19H29N3O4S/c1-4-14(2)20-18(23)15(3)21-19(24)17-12-8-9-13-22(17)27(25,26)16-10-6-5-7-11-16/h5-7,10-11,14-15,17H,4,8-9,12-13H2,1-3H3,(H,20,23)(H,21,24). The second-order valence-electron chi connectivity index (χ2n) is 6.99. The highest BCUT2D eigenvalue weighted by molar-refractivity contribution is 7.89. The molecule has 1 aliphatic heterocycles. The molecule has 150 valence electrons. The first-order valence-corrected chi connectivity index (χ1v) is 10.9. The molecule has 2 amide bonds. The van der Waals surface area contributed by atoms with Crippen LogP contribution < -0.4 is 10.6 Å². The average molecular weight is 396 g/mol. The van der Waals surface area contributed by atoms with Gasteiger partial charge in [0.25, 0.3) is 0 Å². The molecule has 1 heterocycles. The predicted molar refractivity (Wildman–Crippen MR) is 103 cm³/mol. The van der Waals surface area contributed by atoms with Crippen LogP contribution in [0.5, 0.6) is 0 Å². The fourth-order valence-electron chi connectivity index (χ4n) is 3.03. The Balaban J connectivity index is 2.12. The third-order valence-corrected chi connectivity index (χ3v) is 6.78. The molecular weight excluding hydrogens is 366 g/mol. The summed E-state index contributed by atoms with van der Waals surface area (Å²) in [5, 5.41) is 5.49. The molecule has 1 fully saturated rings. The molecule has 2 N–H and O–H groups in total. The van der Waals surface area contributed by atoms with Crippen molar-refractivity contribution in [1.82, 2.24) is 14.9 Å². The number of carbonyl (C=O) groups excluding carboxylic acids is 2. The molecule has 7 nitrogen and oxygen atoms in total. The van der Waals surface area contributed by atoms with Gasteiger partial charge < -0.3 is 10.6 Å². The molecule has 0 aliphatic carbocycles. The summed E-state index contributed by atoms with van der Waals surface area (Å²) in [6.45, 7) is 5.75. The number of benzene rings is 1. The number of carbonyl (C=O) groups is 2. The van der Waals surface area contributed by atoms with E-state index in [-0.39, 0.29) is 16.8 Å². The van der Waals surface area contributed by atoms with Crippen molar-refractivity contribution in [3.05, 3.63) is 30.3 Å². The van der Waals surface area contributed by atoms with Crippen LogP contribution in [-0.4, -0.2) is 49.2 Å². The molecule has 2 rings (SSSR count). The van der Waals surface area contributed by atoms with Gasteiger partial charge in [-0.05, 0) is 45.2 Å². The van der Waals surface area contributed by atoms with Crippen LogP contribution in [0, 0.1) is 0 Å². The minimum absolute atomic E-state index is 0.0153. The summed E-state index contributed by atoms with van der Waals surface area (Å²) in [4.78, 5) is 25.1. The molecular formula is C19H29N3O4S. The van der Waals surface area contributed by atoms with Gasteiger partial charge in [-0.1, -0.05) is 31.5 Å². The molecule has 0 spiro atoms. The SMILES string of the molecule is CCC(C)NC(=O)C(C)NC(=O)C1CCCCN1S(=O)(=O)c1ccccc1. The lowest BCUT2D eigenvalue weighted by Crippen LogP contribution is -2.56. The zero-order valence-electron chi connectivity index (χ0n) is 16.1. The maximum Gasteiger partial charge on any atom is 0.243 e. The third kappa shape index (κ3) is 5.29. The van der Waals surface area contributed by atoms with Gasteiger partial charge in [0.15, 0.2) is 0 Å². The Morgan fingerprint density at radius 2 is 1.81 bits per heavy atom. The molecule has 3 atom stereocenters. The van der Waals surface area contributed by atoms with E-state index in [1.807, 2.05) is 13.8 Å². The summed E-state index contributed by atoms with van der Waals surface area (Å²) in [7, 11) is -3.76. The molecule has 1 aromatic carbocycles. The Kier molecular flexibility index (Phi) is 7.38. The maximum absolute atomic E-state index is 13.0. The maximum atomic E-state index is 13.0. The van der Waals surface area contributed by atoms with Crippen molar-refractivity contribution in [1.29, 1.82) is 0 Å². The van der Waals surface area contributed by atoms with Crippen LogP contribution in [-0.2, 0) is 19.6 Å². The molecule has 1 aromatic rings. The van der Waals surface area contributed by atoms with Crippen LogP contribution in [0.1, 0.15) is 46.5 Å². The number of amides is 2. The second kappa shape index (κ2) is 9.32. The van der Waals surface area contributed by atoms with Gasteiger partial charge in [-0.25, -0.2) is 8.42 Å². The van der Waals surface area contributed by atoms with Gasteiger partial charge in [-0.15, -0.1) is 0 Å². The van der Waals surface area contributed by atoms with Crippen LogP contribution in [0.4, 0.5) is 0 Å². The van der Waals surface area contributed by atoms with Gasteiger partial charge in [-0.2, -0.15) is 4.31 Å². The number of nitrogens with one attached hydrogen (secondary N) is 2. The zero-order chi connectivity index (χ0) is 20.0. The van der Waals surface area contributed by atoms with E-state index < -0.39 is 28.0 Å². The highest BCUT2D eigenvalue weighted by Crippen LogP contribution is 2.25. The van der Waals surface area contributed by atoms with E-state index in [2.05, 4.69) is 10.6 Å². The molecule has 1 aliphatic rings. The molecule has 0 radical (unpaired) electrons. The minimum atomic E-state index is -3.76. The van der Waals surface area contributed by atoms with E-state index in [0.29, 0.717) is 19.4 Å². The quantitative estimate of drug-likeness (QED) is 0.734. The fourth-order valence-corrected chi connectivity index (χ4v) is 4.71. The number of piperidine rings is 1. The van der Waals surface area contributed by atoms with Crippen LogP contribution in [0.15, 0.2) is 35.2 Å². The Labute approximate surface area is 161 Å². The Bertz CT molecular complexity index is 751. The normalized spacial score (nSPS) is 20.5. The van der Waals surface area contributed by atoms with Gasteiger partial charge in [-0.3, -0.25) is 9.59 Å². The summed E-state index contributed by atoms with van der Waals surface area (Å²) in [5.41, 5.74) is 0. The van der Waals surface area contributed by atoms with Gasteiger partial charge in [0.05, 0.1) is 4.90 Å². The fraction of sp³-hybridized carbons (Fsp3) is 0.579. The molecule has 0 saturated carbocycles. The first-order chi connectivity index (χ1) is 12.8. The van der Waals surface area contributed by atoms with Gasteiger partial charge in [0, 0.05) is 12.6 Å². The molecule has 0 bridgehead atoms. The van der Waals surface area contributed by atoms with Crippen molar-refractivity contribution in [2.75, 3.05) is 6.54 Å². The lowest BCUT2D eigenvalue weighted by atomic mass is 10.0. The molecule has 3 unspecified atom stereocenters. The summed E-state index contributed by atoms with van der Waals surface area (Å²) < 4.78 is 27.2. The van der Waals surface area contributed by atoms with Crippen molar-refractivity contribution in [3.8, 4) is 0 Å². The molecule has 0 aromatic heterocycles. The van der Waals surface area contributed by atoms with Gasteiger partial charge >= 0.3 is 0 Å². The van der Waals surface area contributed by atoms with Crippen LogP contribution in [0.2, 0.25) is 0 Å². The monoisotopic (exact) mass is 395 g/mol. The van der Waals surface area contributed by atoms with E-state index in [9.17, 15) is 18.0 Å². The van der Waals surface area contributed by atoms with Crippen LogP contribution >= 0.6 is 0 Å². The number of hydrogen-bond acceptors (Lipinski definition) is 4. The Hall–Kier alpha value is -1.93. The smallest absolute Gasteiger partial charge is 0.243 e. The lowest BCUT2D eigenvalue weighted by molar-refractivity contribution is -0.131. The summed E-state index contributed by atoms with van der Waals surface area (Å²) in [5.74, 6) is -0.702. The van der Waals surface area contributed by atoms with Gasteiger partial charge in [0.2, 0.25) is 21.8 Å². The number of sulfonamides is 1. The Morgan fingerprint density at radius 3 is 2.44 bits per heavy atom. The number of nitrogens with zero attached hydrogens (tertiary/aromatic N) is 1. The summed E-state index contributed by atoms with van der Waals surface area (Å²) >= 11 is 0. The summed E-state index contributed by atoms with van der Waals surface area (Å²) in [6, 6.07) is 6.61. The van der Waals surface area contributed by atoms with Crippen LogP contribution in [0.25, 0.3) is 0 Å². The van der Waals surface area contributed by atoms with Crippen molar-refractivity contribution >= 4 is 21.8 Å². The molecule has 8 heteroatoms. The largest absolute Gasteiger partial charge is 0.352 e. The number of hydrogen-bond donors (Lipinski definition) is 2. The van der Waals surface area contributed by atoms with E-state index in [4.69, 9.17) is 0 Å². The minimum Gasteiger partial charge on any atom is -0.352 e. The zero-order valence-corrected chi connectivity index (χ0v) is 17.0. The average Bonchev–Trinajstić information content (AvgIpc) is 2.68. The van der Waals surface area contributed by atoms with E-state index in [1.165, 1.54) is 16.4 Å². The molecule has 27 heavy (non-hydrogen) atoms. The highest BCUT2D eigenvalue weighted by atomic mass is 32.2. The van der Waals surface area contributed by atoms with Crippen molar-refractivity contribution in [3.63, 3.8) is 0 Å². The van der Waals surface area contributed by atoms with Gasteiger partial charge in [0.1, 0.15) is 12.1 Å².